The monoisotopic (exact) mass is 257 g/mol. The van der Waals surface area contributed by atoms with E-state index in [1.165, 1.54) is 0 Å². The molecule has 0 spiro atoms. The Morgan fingerprint density at radius 2 is 2.12 bits per heavy atom. The van der Waals surface area contributed by atoms with Gasteiger partial charge >= 0.3 is 0 Å². The number of likely N-dealkylation sites (tertiary alicyclic amines) is 1. The van der Waals surface area contributed by atoms with E-state index in [9.17, 15) is 4.79 Å². The Morgan fingerprint density at radius 1 is 1.38 bits per heavy atom. The van der Waals surface area contributed by atoms with Crippen molar-refractivity contribution in [2.75, 3.05) is 13.6 Å². The van der Waals surface area contributed by atoms with Crippen LogP contribution in [0.15, 0.2) is 18.2 Å². The zero-order valence-corrected chi connectivity index (χ0v) is 10.6. The van der Waals surface area contributed by atoms with E-state index in [4.69, 9.17) is 23.2 Å². The summed E-state index contributed by atoms with van der Waals surface area (Å²) in [6.07, 6.45) is 1.68. The van der Waals surface area contributed by atoms with Gasteiger partial charge in [0.25, 0.3) is 0 Å². The summed E-state index contributed by atoms with van der Waals surface area (Å²) >= 11 is 11.8. The Kier molecular flexibility index (Phi) is 3.41. The van der Waals surface area contributed by atoms with Crippen molar-refractivity contribution in [3.05, 3.63) is 33.8 Å². The molecule has 1 unspecified atom stereocenters. The van der Waals surface area contributed by atoms with Gasteiger partial charge in [-0.15, -0.1) is 0 Å². The molecule has 1 saturated heterocycles. The average Bonchev–Trinajstić information content (AvgIpc) is 2.55. The maximum atomic E-state index is 11.7. The lowest BCUT2D eigenvalue weighted by Gasteiger charge is -2.10. The van der Waals surface area contributed by atoms with Crippen LogP contribution in [0.25, 0.3) is 0 Å². The van der Waals surface area contributed by atoms with E-state index in [-0.39, 0.29) is 11.8 Å². The molecule has 1 aliphatic rings. The third-order valence-electron chi connectivity index (χ3n) is 3.00. The summed E-state index contributed by atoms with van der Waals surface area (Å²) in [5, 5.41) is 1.11. The smallest absolute Gasteiger partial charge is 0.225 e. The lowest BCUT2D eigenvalue weighted by atomic mass is 9.98. The predicted octanol–water partition coefficient (Wildman–Crippen LogP) is 3.01. The molecule has 2 rings (SSSR count). The molecule has 1 fully saturated rings. The fourth-order valence-electron chi connectivity index (χ4n) is 2.04. The van der Waals surface area contributed by atoms with E-state index in [2.05, 4.69) is 0 Å². The third kappa shape index (κ3) is 2.33. The molecule has 0 radical (unpaired) electrons. The molecule has 0 saturated carbocycles. The van der Waals surface area contributed by atoms with E-state index in [0.29, 0.717) is 10.0 Å². The topological polar surface area (TPSA) is 20.3 Å². The molecule has 1 aromatic carbocycles. The number of carbonyl (C=O) groups is 1. The summed E-state index contributed by atoms with van der Waals surface area (Å²) < 4.78 is 0. The summed E-state index contributed by atoms with van der Waals surface area (Å²) in [5.74, 6) is 0.327. The standard InChI is InChI=1S/C12H13Cl2NO/c1-15-5-4-9(12(15)16)6-8-2-3-10(13)11(14)7-8/h2-3,7,9H,4-6H2,1H3. The zero-order chi connectivity index (χ0) is 11.7. The van der Waals surface area contributed by atoms with Crippen LogP contribution in [0.4, 0.5) is 0 Å². The molecule has 0 aromatic heterocycles. The molecule has 16 heavy (non-hydrogen) atoms. The number of benzene rings is 1. The Morgan fingerprint density at radius 3 is 2.69 bits per heavy atom. The first-order chi connectivity index (χ1) is 7.58. The van der Waals surface area contributed by atoms with Crippen molar-refractivity contribution in [3.8, 4) is 0 Å². The Labute approximate surface area is 105 Å². The molecule has 0 bridgehead atoms. The normalized spacial score (nSPS) is 20.6. The van der Waals surface area contributed by atoms with Crippen molar-refractivity contribution in [1.82, 2.24) is 4.90 Å². The third-order valence-corrected chi connectivity index (χ3v) is 3.74. The lowest BCUT2D eigenvalue weighted by Crippen LogP contribution is -2.23. The predicted molar refractivity (Wildman–Crippen MR) is 65.9 cm³/mol. The molecule has 1 heterocycles. The van der Waals surface area contributed by atoms with Gasteiger partial charge in [-0.25, -0.2) is 0 Å². The number of amides is 1. The summed E-state index contributed by atoms with van der Waals surface area (Å²) in [4.78, 5) is 13.5. The van der Waals surface area contributed by atoms with E-state index in [1.54, 1.807) is 11.0 Å². The second kappa shape index (κ2) is 4.64. The number of hydrogen-bond donors (Lipinski definition) is 0. The van der Waals surface area contributed by atoms with Crippen molar-refractivity contribution < 1.29 is 4.79 Å². The minimum absolute atomic E-state index is 0.0993. The van der Waals surface area contributed by atoms with Crippen molar-refractivity contribution in [1.29, 1.82) is 0 Å². The van der Waals surface area contributed by atoms with Crippen molar-refractivity contribution in [2.24, 2.45) is 5.92 Å². The van der Waals surface area contributed by atoms with Gasteiger partial charge in [0.2, 0.25) is 5.91 Å². The molecular formula is C12H13Cl2NO. The van der Waals surface area contributed by atoms with Gasteiger partial charge in [0.05, 0.1) is 10.0 Å². The molecule has 2 nitrogen and oxygen atoms in total. The van der Waals surface area contributed by atoms with Crippen molar-refractivity contribution >= 4 is 29.1 Å². The summed E-state index contributed by atoms with van der Waals surface area (Å²) in [7, 11) is 1.84. The zero-order valence-electron chi connectivity index (χ0n) is 9.04. The van der Waals surface area contributed by atoms with Gasteiger partial charge in [0.15, 0.2) is 0 Å². The van der Waals surface area contributed by atoms with Crippen LogP contribution in [-0.4, -0.2) is 24.4 Å². The van der Waals surface area contributed by atoms with E-state index in [1.807, 2.05) is 19.2 Å². The van der Waals surface area contributed by atoms with Gasteiger partial charge in [0, 0.05) is 19.5 Å². The number of carbonyl (C=O) groups excluding carboxylic acids is 1. The minimum Gasteiger partial charge on any atom is -0.345 e. The highest BCUT2D eigenvalue weighted by Gasteiger charge is 2.28. The quantitative estimate of drug-likeness (QED) is 0.798. The van der Waals surface area contributed by atoms with Crippen LogP contribution >= 0.6 is 23.2 Å². The molecule has 0 N–H and O–H groups in total. The first-order valence-electron chi connectivity index (χ1n) is 5.27. The molecule has 1 amide bonds. The first-order valence-corrected chi connectivity index (χ1v) is 6.02. The van der Waals surface area contributed by atoms with Gasteiger partial charge in [-0.3, -0.25) is 4.79 Å². The number of rotatable bonds is 2. The van der Waals surface area contributed by atoms with Crippen LogP contribution in [0.1, 0.15) is 12.0 Å². The van der Waals surface area contributed by atoms with Crippen LogP contribution < -0.4 is 0 Å². The Hall–Kier alpha value is -0.730. The molecule has 0 aliphatic carbocycles. The van der Waals surface area contributed by atoms with E-state index in [0.717, 1.165) is 24.9 Å². The van der Waals surface area contributed by atoms with Gasteiger partial charge in [-0.2, -0.15) is 0 Å². The van der Waals surface area contributed by atoms with Gasteiger partial charge in [0.1, 0.15) is 0 Å². The number of halogens is 2. The highest BCUT2D eigenvalue weighted by molar-refractivity contribution is 6.42. The fraction of sp³-hybridized carbons (Fsp3) is 0.417. The van der Waals surface area contributed by atoms with Gasteiger partial charge in [-0.05, 0) is 30.5 Å². The highest BCUT2D eigenvalue weighted by atomic mass is 35.5. The van der Waals surface area contributed by atoms with Crippen LogP contribution in [-0.2, 0) is 11.2 Å². The van der Waals surface area contributed by atoms with Crippen LogP contribution in [0.3, 0.4) is 0 Å². The SMILES string of the molecule is CN1CCC(Cc2ccc(Cl)c(Cl)c2)C1=O. The summed E-state index contributed by atoms with van der Waals surface area (Å²) in [6, 6.07) is 5.55. The van der Waals surface area contributed by atoms with E-state index < -0.39 is 0 Å². The molecule has 1 aromatic rings. The van der Waals surface area contributed by atoms with Crippen LogP contribution in [0, 0.1) is 5.92 Å². The maximum absolute atomic E-state index is 11.7. The molecule has 4 heteroatoms. The second-order valence-corrected chi connectivity index (χ2v) is 5.01. The fourth-order valence-corrected chi connectivity index (χ4v) is 2.36. The molecular weight excluding hydrogens is 245 g/mol. The van der Waals surface area contributed by atoms with E-state index >= 15 is 0 Å². The largest absolute Gasteiger partial charge is 0.345 e. The summed E-state index contributed by atoms with van der Waals surface area (Å²) in [5.41, 5.74) is 1.07. The average molecular weight is 258 g/mol. The lowest BCUT2D eigenvalue weighted by molar-refractivity contribution is -0.129. The summed E-state index contributed by atoms with van der Waals surface area (Å²) in [6.45, 7) is 0.852. The minimum atomic E-state index is 0.0993. The number of nitrogens with zero attached hydrogens (tertiary/aromatic N) is 1. The molecule has 1 atom stereocenters. The Balaban J connectivity index is 2.10. The first kappa shape index (κ1) is 11.7. The highest BCUT2D eigenvalue weighted by Crippen LogP contribution is 2.26. The van der Waals surface area contributed by atoms with Gasteiger partial charge in [-0.1, -0.05) is 29.3 Å². The molecule has 1 aliphatic heterocycles. The number of hydrogen-bond acceptors (Lipinski definition) is 1. The van der Waals surface area contributed by atoms with Gasteiger partial charge < -0.3 is 4.90 Å². The maximum Gasteiger partial charge on any atom is 0.225 e. The van der Waals surface area contributed by atoms with Crippen molar-refractivity contribution in [3.63, 3.8) is 0 Å². The second-order valence-electron chi connectivity index (χ2n) is 4.20. The van der Waals surface area contributed by atoms with Crippen molar-refractivity contribution in [2.45, 2.75) is 12.8 Å². The molecule has 86 valence electrons. The Bertz CT molecular complexity index is 419. The van der Waals surface area contributed by atoms with Crippen LogP contribution in [0.5, 0.6) is 0 Å². The van der Waals surface area contributed by atoms with Crippen LogP contribution in [0.2, 0.25) is 10.0 Å².